The highest BCUT2D eigenvalue weighted by Crippen LogP contribution is 2.42. The first-order valence-corrected chi connectivity index (χ1v) is 9.26. The van der Waals surface area contributed by atoms with Crippen molar-refractivity contribution in [2.45, 2.75) is 30.6 Å². The van der Waals surface area contributed by atoms with E-state index in [1.807, 2.05) is 11.3 Å². The summed E-state index contributed by atoms with van der Waals surface area (Å²) in [5, 5.41) is 5.45. The van der Waals surface area contributed by atoms with Crippen LogP contribution in [0.5, 0.6) is 0 Å². The van der Waals surface area contributed by atoms with Gasteiger partial charge in [0.2, 0.25) is 0 Å². The van der Waals surface area contributed by atoms with Crippen molar-refractivity contribution in [3.63, 3.8) is 0 Å². The predicted molar refractivity (Wildman–Crippen MR) is 79.4 cm³/mol. The van der Waals surface area contributed by atoms with Crippen LogP contribution in [0.15, 0.2) is 0 Å². The Hall–Kier alpha value is 0.290. The van der Waals surface area contributed by atoms with Gasteiger partial charge in [-0.25, -0.2) is 4.98 Å². The molecule has 0 bridgehead atoms. The zero-order valence-electron chi connectivity index (χ0n) is 10.1. The van der Waals surface area contributed by atoms with Crippen molar-refractivity contribution >= 4 is 34.9 Å². The molecule has 2 nitrogen and oxygen atoms in total. The summed E-state index contributed by atoms with van der Waals surface area (Å²) in [6, 6.07) is 0.505. The highest BCUT2D eigenvalue weighted by Gasteiger charge is 2.27. The number of hydrogen-bond acceptors (Lipinski definition) is 5. The summed E-state index contributed by atoms with van der Waals surface area (Å²) in [6.07, 6.45) is 3.81. The highest BCUT2D eigenvalue weighted by molar-refractivity contribution is 8.06. The van der Waals surface area contributed by atoms with E-state index in [0.717, 1.165) is 0 Å². The van der Waals surface area contributed by atoms with E-state index in [9.17, 15) is 0 Å². The summed E-state index contributed by atoms with van der Waals surface area (Å²) in [6.45, 7) is 0. The van der Waals surface area contributed by atoms with Crippen molar-refractivity contribution in [1.82, 2.24) is 10.3 Å². The quantitative estimate of drug-likeness (QED) is 0.902. The number of rotatable bonds is 2. The van der Waals surface area contributed by atoms with Crippen LogP contribution < -0.4 is 5.32 Å². The van der Waals surface area contributed by atoms with E-state index in [0.29, 0.717) is 11.3 Å². The Morgan fingerprint density at radius 2 is 2.29 bits per heavy atom. The van der Waals surface area contributed by atoms with Crippen LogP contribution in [0.2, 0.25) is 0 Å². The zero-order chi connectivity index (χ0) is 11.7. The molecule has 1 aromatic rings. The van der Waals surface area contributed by atoms with E-state index in [2.05, 4.69) is 35.9 Å². The monoisotopic (exact) mass is 286 g/mol. The molecule has 94 valence electrons. The standard InChI is InChI=1S/C12H18N2S3/c1-13-8-3-2-4-9-11(8)14-12(17-9)10-7-15-5-6-16-10/h8,10,13H,2-7H2,1H3. The lowest BCUT2D eigenvalue weighted by atomic mass is 9.98. The number of nitrogens with zero attached hydrogens (tertiary/aromatic N) is 1. The third-order valence-electron chi connectivity index (χ3n) is 3.41. The van der Waals surface area contributed by atoms with E-state index in [1.54, 1.807) is 4.88 Å². The number of aryl methyl sites for hydroxylation is 1. The summed E-state index contributed by atoms with van der Waals surface area (Å²) >= 11 is 6.15. The fraction of sp³-hybridized carbons (Fsp3) is 0.750. The molecule has 1 aliphatic carbocycles. The van der Waals surface area contributed by atoms with E-state index in [1.165, 1.54) is 47.2 Å². The van der Waals surface area contributed by atoms with Gasteiger partial charge in [-0.1, -0.05) is 0 Å². The lowest BCUT2D eigenvalue weighted by Gasteiger charge is -2.20. The number of thioether (sulfide) groups is 2. The SMILES string of the molecule is CNC1CCCc2sc(C3CSCCS3)nc21. The summed E-state index contributed by atoms with van der Waals surface area (Å²) in [5.74, 6) is 3.85. The molecule has 0 amide bonds. The first-order valence-electron chi connectivity index (χ1n) is 6.24. The van der Waals surface area contributed by atoms with E-state index >= 15 is 0 Å². The fourth-order valence-electron chi connectivity index (χ4n) is 2.49. The Labute approximate surface area is 115 Å². The smallest absolute Gasteiger partial charge is 0.107 e. The van der Waals surface area contributed by atoms with Crippen molar-refractivity contribution in [3.05, 3.63) is 15.6 Å². The van der Waals surface area contributed by atoms with Gasteiger partial charge in [-0.2, -0.15) is 11.8 Å². The number of aromatic nitrogens is 1. The lowest BCUT2D eigenvalue weighted by molar-refractivity contribution is 0.489. The van der Waals surface area contributed by atoms with Crippen molar-refractivity contribution in [1.29, 1.82) is 0 Å². The minimum Gasteiger partial charge on any atom is -0.312 e. The Kier molecular flexibility index (Phi) is 4.00. The molecule has 0 radical (unpaired) electrons. The van der Waals surface area contributed by atoms with Gasteiger partial charge in [0.15, 0.2) is 0 Å². The lowest BCUT2D eigenvalue weighted by Crippen LogP contribution is -2.21. The maximum absolute atomic E-state index is 4.95. The first-order chi connectivity index (χ1) is 8.38. The third-order valence-corrected chi connectivity index (χ3v) is 7.57. The van der Waals surface area contributed by atoms with E-state index in [-0.39, 0.29) is 0 Å². The molecular weight excluding hydrogens is 268 g/mol. The molecule has 1 saturated heterocycles. The molecule has 2 atom stereocenters. The van der Waals surface area contributed by atoms with Crippen molar-refractivity contribution in [3.8, 4) is 0 Å². The van der Waals surface area contributed by atoms with E-state index < -0.39 is 0 Å². The van der Waals surface area contributed by atoms with Crippen molar-refractivity contribution < 1.29 is 0 Å². The van der Waals surface area contributed by atoms with Crippen LogP contribution in [-0.2, 0) is 6.42 Å². The van der Waals surface area contributed by atoms with Gasteiger partial charge >= 0.3 is 0 Å². The number of fused-ring (bicyclic) bond motifs is 1. The Morgan fingerprint density at radius 3 is 3.06 bits per heavy atom. The van der Waals surface area contributed by atoms with Crippen LogP contribution in [0, 0.1) is 0 Å². The van der Waals surface area contributed by atoms with Gasteiger partial charge < -0.3 is 5.32 Å². The molecular formula is C12H18N2S3. The molecule has 1 fully saturated rings. The third kappa shape index (κ3) is 2.53. The van der Waals surface area contributed by atoms with Crippen LogP contribution in [0.1, 0.15) is 39.7 Å². The molecule has 3 rings (SSSR count). The Bertz CT molecular complexity index is 385. The second-order valence-electron chi connectivity index (χ2n) is 4.53. The average molecular weight is 286 g/mol. The molecule has 1 aromatic heterocycles. The van der Waals surface area contributed by atoms with Gasteiger partial charge in [-0.15, -0.1) is 23.1 Å². The highest BCUT2D eigenvalue weighted by atomic mass is 32.2. The summed E-state index contributed by atoms with van der Waals surface area (Å²) in [7, 11) is 2.06. The molecule has 1 aliphatic heterocycles. The van der Waals surface area contributed by atoms with Crippen LogP contribution in [0.25, 0.3) is 0 Å². The number of thiazole rings is 1. The number of nitrogens with one attached hydrogen (secondary N) is 1. The molecule has 2 aliphatic rings. The largest absolute Gasteiger partial charge is 0.312 e. The van der Waals surface area contributed by atoms with Crippen molar-refractivity contribution in [2.24, 2.45) is 0 Å². The van der Waals surface area contributed by atoms with Crippen molar-refractivity contribution in [2.75, 3.05) is 24.3 Å². The predicted octanol–water partition coefficient (Wildman–Crippen LogP) is 3.26. The van der Waals surface area contributed by atoms with E-state index in [4.69, 9.17) is 4.98 Å². The number of hydrogen-bond donors (Lipinski definition) is 1. The van der Waals surface area contributed by atoms with Crippen LogP contribution in [-0.4, -0.2) is 29.3 Å². The maximum Gasteiger partial charge on any atom is 0.107 e. The first kappa shape index (κ1) is 12.3. The molecule has 0 saturated carbocycles. The minimum atomic E-state index is 0.505. The molecule has 0 aromatic carbocycles. The van der Waals surface area contributed by atoms with Crippen LogP contribution in [0.3, 0.4) is 0 Å². The van der Waals surface area contributed by atoms with Gasteiger partial charge in [-0.05, 0) is 26.3 Å². The minimum absolute atomic E-state index is 0.505. The fourth-order valence-corrected chi connectivity index (χ4v) is 6.64. The topological polar surface area (TPSA) is 24.9 Å². The molecule has 17 heavy (non-hydrogen) atoms. The summed E-state index contributed by atoms with van der Waals surface area (Å²) in [4.78, 5) is 6.49. The summed E-state index contributed by atoms with van der Waals surface area (Å²) in [5.41, 5.74) is 1.36. The molecule has 2 heterocycles. The van der Waals surface area contributed by atoms with Crippen LogP contribution in [0.4, 0.5) is 0 Å². The Balaban J connectivity index is 1.84. The maximum atomic E-state index is 4.95. The molecule has 0 spiro atoms. The molecule has 5 heteroatoms. The second kappa shape index (κ2) is 5.51. The van der Waals surface area contributed by atoms with Crippen LogP contribution >= 0.6 is 34.9 Å². The Morgan fingerprint density at radius 1 is 1.35 bits per heavy atom. The van der Waals surface area contributed by atoms with Gasteiger partial charge in [0, 0.05) is 22.1 Å². The summed E-state index contributed by atoms with van der Waals surface area (Å²) < 4.78 is 0. The second-order valence-corrected chi connectivity index (χ2v) is 8.10. The zero-order valence-corrected chi connectivity index (χ0v) is 12.5. The normalized spacial score (nSPS) is 29.0. The molecule has 1 N–H and O–H groups in total. The van der Waals surface area contributed by atoms with Gasteiger partial charge in [-0.3, -0.25) is 0 Å². The van der Waals surface area contributed by atoms with Gasteiger partial charge in [0.1, 0.15) is 5.01 Å². The van der Waals surface area contributed by atoms with Gasteiger partial charge in [0.25, 0.3) is 0 Å². The molecule has 2 unspecified atom stereocenters. The average Bonchev–Trinajstić information content (AvgIpc) is 2.83. The van der Waals surface area contributed by atoms with Gasteiger partial charge in [0.05, 0.1) is 17.0 Å².